The van der Waals surface area contributed by atoms with Crippen LogP contribution in [0.1, 0.15) is 18.4 Å². The number of benzene rings is 1. The van der Waals surface area contributed by atoms with Gasteiger partial charge in [-0.2, -0.15) is 0 Å². The van der Waals surface area contributed by atoms with E-state index in [4.69, 9.17) is 5.11 Å². The predicted octanol–water partition coefficient (Wildman–Crippen LogP) is 2.01. The van der Waals surface area contributed by atoms with Crippen LogP contribution in [0.4, 0.5) is 8.78 Å². The molecule has 1 aromatic carbocycles. The summed E-state index contributed by atoms with van der Waals surface area (Å²) >= 11 is 0. The second-order valence-electron chi connectivity index (χ2n) is 4.20. The van der Waals surface area contributed by atoms with Crippen LogP contribution >= 0.6 is 0 Å². The Bertz CT molecular complexity index is 437. The number of nitrogens with zero attached hydrogens (tertiary/aromatic N) is 1. The van der Waals surface area contributed by atoms with Crippen molar-refractivity contribution in [3.05, 3.63) is 35.4 Å². The quantitative estimate of drug-likeness (QED) is 0.880. The van der Waals surface area contributed by atoms with Crippen molar-refractivity contribution in [1.29, 1.82) is 0 Å². The Morgan fingerprint density at radius 1 is 1.47 bits per heavy atom. The molecular weight excluding hydrogens is 228 g/mol. The highest BCUT2D eigenvalue weighted by atomic mass is 19.1. The monoisotopic (exact) mass is 241 g/mol. The van der Waals surface area contributed by atoms with Crippen LogP contribution in [-0.4, -0.2) is 28.6 Å². The number of carbonyl (C=O) groups is 1. The molecule has 1 aliphatic rings. The molecule has 0 aliphatic carbocycles. The summed E-state index contributed by atoms with van der Waals surface area (Å²) in [5.74, 6) is -1.91. The van der Waals surface area contributed by atoms with Crippen LogP contribution in [0.5, 0.6) is 0 Å². The van der Waals surface area contributed by atoms with Crippen molar-refractivity contribution in [2.75, 3.05) is 6.54 Å². The predicted molar refractivity (Wildman–Crippen MR) is 57.4 cm³/mol. The molecule has 0 aromatic heterocycles. The lowest BCUT2D eigenvalue weighted by Crippen LogP contribution is -2.35. The molecule has 1 atom stereocenters. The van der Waals surface area contributed by atoms with Gasteiger partial charge in [-0.1, -0.05) is 0 Å². The molecule has 0 bridgehead atoms. The molecule has 0 radical (unpaired) electrons. The molecule has 1 heterocycles. The Hall–Kier alpha value is -1.49. The fourth-order valence-corrected chi connectivity index (χ4v) is 2.18. The zero-order valence-corrected chi connectivity index (χ0v) is 9.20. The van der Waals surface area contributed by atoms with Crippen molar-refractivity contribution in [2.45, 2.75) is 25.4 Å². The van der Waals surface area contributed by atoms with Gasteiger partial charge < -0.3 is 5.11 Å². The van der Waals surface area contributed by atoms with Crippen LogP contribution in [-0.2, 0) is 11.3 Å². The molecule has 0 amide bonds. The summed E-state index contributed by atoms with van der Waals surface area (Å²) in [5.41, 5.74) is 0.207. The summed E-state index contributed by atoms with van der Waals surface area (Å²) in [4.78, 5) is 12.6. The molecule has 5 heteroatoms. The van der Waals surface area contributed by atoms with Crippen molar-refractivity contribution in [3.63, 3.8) is 0 Å². The molecule has 1 aromatic rings. The lowest BCUT2D eigenvalue weighted by atomic mass is 10.1. The molecule has 3 nitrogen and oxygen atoms in total. The molecule has 92 valence electrons. The van der Waals surface area contributed by atoms with Gasteiger partial charge in [-0.15, -0.1) is 0 Å². The number of halogens is 2. The Morgan fingerprint density at radius 3 is 2.94 bits per heavy atom. The van der Waals surface area contributed by atoms with E-state index in [1.54, 1.807) is 4.90 Å². The van der Waals surface area contributed by atoms with Gasteiger partial charge in [0.1, 0.15) is 17.7 Å². The molecule has 0 spiro atoms. The number of carboxylic acids is 1. The van der Waals surface area contributed by atoms with Gasteiger partial charge in [-0.05, 0) is 37.6 Å². The number of rotatable bonds is 3. The van der Waals surface area contributed by atoms with Crippen molar-refractivity contribution in [2.24, 2.45) is 0 Å². The summed E-state index contributed by atoms with van der Waals surface area (Å²) < 4.78 is 26.4. The van der Waals surface area contributed by atoms with Gasteiger partial charge in [0.15, 0.2) is 0 Å². The smallest absolute Gasteiger partial charge is 0.320 e. The van der Waals surface area contributed by atoms with Gasteiger partial charge in [-0.25, -0.2) is 8.78 Å². The van der Waals surface area contributed by atoms with Crippen LogP contribution < -0.4 is 0 Å². The normalized spacial score (nSPS) is 20.7. The standard InChI is InChI=1S/C12H13F2NO2/c13-9-3-4-10(14)8(6-9)7-15-5-1-2-11(15)12(16)17/h3-4,6,11H,1-2,5,7H2,(H,16,17)/t11-/m0/s1. The van der Waals surface area contributed by atoms with Gasteiger partial charge in [-0.3, -0.25) is 9.69 Å². The third-order valence-corrected chi connectivity index (χ3v) is 3.03. The minimum absolute atomic E-state index is 0.139. The first-order valence-corrected chi connectivity index (χ1v) is 5.48. The first kappa shape index (κ1) is 12.0. The number of likely N-dealkylation sites (tertiary alicyclic amines) is 1. The molecule has 0 saturated carbocycles. The summed E-state index contributed by atoms with van der Waals surface area (Å²) in [5, 5.41) is 8.98. The average Bonchev–Trinajstić information content (AvgIpc) is 2.71. The van der Waals surface area contributed by atoms with Crippen LogP contribution in [0.15, 0.2) is 18.2 Å². The molecule has 1 saturated heterocycles. The Balaban J connectivity index is 2.15. The fourth-order valence-electron chi connectivity index (χ4n) is 2.18. The van der Waals surface area contributed by atoms with Gasteiger partial charge in [0.2, 0.25) is 0 Å². The van der Waals surface area contributed by atoms with Crippen molar-refractivity contribution in [3.8, 4) is 0 Å². The summed E-state index contributed by atoms with van der Waals surface area (Å²) in [6.45, 7) is 0.744. The molecular formula is C12H13F2NO2. The van der Waals surface area contributed by atoms with Crippen LogP contribution in [0.3, 0.4) is 0 Å². The highest BCUT2D eigenvalue weighted by Gasteiger charge is 2.30. The number of hydrogen-bond donors (Lipinski definition) is 1. The largest absolute Gasteiger partial charge is 0.480 e. The zero-order chi connectivity index (χ0) is 12.4. The highest BCUT2D eigenvalue weighted by molar-refractivity contribution is 5.73. The average molecular weight is 241 g/mol. The second-order valence-corrected chi connectivity index (χ2v) is 4.20. The van der Waals surface area contributed by atoms with Gasteiger partial charge in [0, 0.05) is 12.1 Å². The van der Waals surface area contributed by atoms with E-state index in [-0.39, 0.29) is 12.1 Å². The molecule has 17 heavy (non-hydrogen) atoms. The molecule has 1 fully saturated rings. The zero-order valence-electron chi connectivity index (χ0n) is 9.20. The Labute approximate surface area is 97.7 Å². The summed E-state index contributed by atoms with van der Waals surface area (Å²) in [6, 6.07) is 2.65. The molecule has 1 N–H and O–H groups in total. The van der Waals surface area contributed by atoms with E-state index in [0.29, 0.717) is 13.0 Å². The summed E-state index contributed by atoms with van der Waals surface area (Å²) in [6.07, 6.45) is 1.33. The third-order valence-electron chi connectivity index (χ3n) is 3.03. The van der Waals surface area contributed by atoms with Gasteiger partial charge in [0.05, 0.1) is 0 Å². The molecule has 0 unspecified atom stereocenters. The van der Waals surface area contributed by atoms with Crippen LogP contribution in [0.25, 0.3) is 0 Å². The number of hydrogen-bond acceptors (Lipinski definition) is 2. The molecule has 2 rings (SSSR count). The lowest BCUT2D eigenvalue weighted by molar-refractivity contribution is -0.142. The first-order valence-electron chi connectivity index (χ1n) is 5.48. The topological polar surface area (TPSA) is 40.5 Å². The van der Waals surface area contributed by atoms with Gasteiger partial charge in [0.25, 0.3) is 0 Å². The van der Waals surface area contributed by atoms with Crippen molar-refractivity contribution in [1.82, 2.24) is 4.90 Å². The van der Waals surface area contributed by atoms with E-state index in [2.05, 4.69) is 0 Å². The van der Waals surface area contributed by atoms with E-state index < -0.39 is 23.6 Å². The minimum atomic E-state index is -0.903. The fraction of sp³-hybridized carbons (Fsp3) is 0.417. The van der Waals surface area contributed by atoms with Gasteiger partial charge >= 0.3 is 5.97 Å². The first-order chi connectivity index (χ1) is 8.08. The summed E-state index contributed by atoms with van der Waals surface area (Å²) in [7, 11) is 0. The van der Waals surface area contributed by atoms with E-state index in [0.717, 1.165) is 24.6 Å². The van der Waals surface area contributed by atoms with E-state index in [1.165, 1.54) is 0 Å². The maximum Gasteiger partial charge on any atom is 0.320 e. The lowest BCUT2D eigenvalue weighted by Gasteiger charge is -2.21. The van der Waals surface area contributed by atoms with E-state index in [9.17, 15) is 13.6 Å². The number of aliphatic carboxylic acids is 1. The highest BCUT2D eigenvalue weighted by Crippen LogP contribution is 2.21. The van der Waals surface area contributed by atoms with Crippen molar-refractivity contribution >= 4 is 5.97 Å². The van der Waals surface area contributed by atoms with Crippen LogP contribution in [0.2, 0.25) is 0 Å². The Morgan fingerprint density at radius 2 is 2.24 bits per heavy atom. The number of carboxylic acid groups (broad SMARTS) is 1. The van der Waals surface area contributed by atoms with E-state index in [1.807, 2.05) is 0 Å². The SMILES string of the molecule is O=C(O)[C@@H]1CCCN1Cc1cc(F)ccc1F. The second kappa shape index (κ2) is 4.79. The van der Waals surface area contributed by atoms with Crippen LogP contribution in [0, 0.1) is 11.6 Å². The third kappa shape index (κ3) is 2.61. The minimum Gasteiger partial charge on any atom is -0.480 e. The maximum absolute atomic E-state index is 13.4. The van der Waals surface area contributed by atoms with E-state index >= 15 is 0 Å². The maximum atomic E-state index is 13.4. The Kier molecular flexibility index (Phi) is 3.38. The van der Waals surface area contributed by atoms with Crippen molar-refractivity contribution < 1.29 is 18.7 Å². The molecule has 1 aliphatic heterocycles.